The van der Waals surface area contributed by atoms with Gasteiger partial charge in [0.05, 0.1) is 17.1 Å². The number of nitrogens with zero attached hydrogens (tertiary/aromatic N) is 1. The monoisotopic (exact) mass is 362 g/mol. The zero-order valence-electron chi connectivity index (χ0n) is 14.4. The normalized spacial score (nSPS) is 21.6. The highest BCUT2D eigenvalue weighted by Gasteiger charge is 2.42. The van der Waals surface area contributed by atoms with Crippen LogP contribution in [-0.4, -0.2) is 25.4 Å². The molecule has 0 aromatic heterocycles. The molecule has 3 rings (SSSR count). The third-order valence-electron chi connectivity index (χ3n) is 4.62. The van der Waals surface area contributed by atoms with Crippen LogP contribution in [0.25, 0.3) is 0 Å². The lowest BCUT2D eigenvalue weighted by atomic mass is 10.1. The number of sulfonamides is 1. The minimum Gasteiger partial charge on any atom is -0.301 e. The number of rotatable bonds is 5. The van der Waals surface area contributed by atoms with Gasteiger partial charge in [-0.1, -0.05) is 36.8 Å². The van der Waals surface area contributed by atoms with Crippen molar-refractivity contribution >= 4 is 10.0 Å². The molecule has 1 fully saturated rings. The zero-order valence-corrected chi connectivity index (χ0v) is 15.3. The Balaban J connectivity index is 2.02. The fourth-order valence-electron chi connectivity index (χ4n) is 3.38. The molecular weight excluding hydrogens is 339 g/mol. The summed E-state index contributed by atoms with van der Waals surface area (Å²) in [6.45, 7) is 4.57. The average Bonchev–Trinajstić information content (AvgIpc) is 3.01. The molecule has 0 amide bonds. The Hall–Kier alpha value is -1.76. The fraction of sp³-hybridized carbons (Fsp3) is 0.368. The van der Waals surface area contributed by atoms with Gasteiger partial charge in [-0.25, -0.2) is 12.8 Å². The molecule has 0 radical (unpaired) electrons. The Morgan fingerprint density at radius 3 is 2.32 bits per heavy atom. The lowest BCUT2D eigenvalue weighted by molar-refractivity contribution is 0.289. The van der Waals surface area contributed by atoms with Crippen molar-refractivity contribution in [2.45, 2.75) is 43.8 Å². The summed E-state index contributed by atoms with van der Waals surface area (Å²) in [6.07, 6.45) is 1.17. The van der Waals surface area contributed by atoms with Gasteiger partial charge in [0.15, 0.2) is 0 Å². The standard InChI is InChI=1S/C19H23FN2O2S/c1-3-21-19-13-12-18(15-6-8-16(20)9-7-15)22(19)25(23,24)17-10-4-14(2)5-11-17/h4-11,18-19,21H,3,12-13H2,1-2H3. The Kier molecular flexibility index (Phi) is 5.22. The summed E-state index contributed by atoms with van der Waals surface area (Å²) in [6, 6.07) is 12.7. The first kappa shape index (κ1) is 18.0. The van der Waals surface area contributed by atoms with E-state index < -0.39 is 10.0 Å². The highest BCUT2D eigenvalue weighted by atomic mass is 32.2. The summed E-state index contributed by atoms with van der Waals surface area (Å²) in [4.78, 5) is 0.287. The summed E-state index contributed by atoms with van der Waals surface area (Å²) in [5.74, 6) is -0.321. The summed E-state index contributed by atoms with van der Waals surface area (Å²) in [5, 5.41) is 3.27. The van der Waals surface area contributed by atoms with E-state index in [1.165, 1.54) is 12.1 Å². The van der Waals surface area contributed by atoms with Gasteiger partial charge in [0.2, 0.25) is 10.0 Å². The quantitative estimate of drug-likeness (QED) is 0.884. The summed E-state index contributed by atoms with van der Waals surface area (Å²) >= 11 is 0. The highest BCUT2D eigenvalue weighted by Crippen LogP contribution is 2.39. The maximum Gasteiger partial charge on any atom is 0.245 e. The molecule has 1 aliphatic rings. The number of benzene rings is 2. The Morgan fingerprint density at radius 1 is 1.08 bits per heavy atom. The zero-order chi connectivity index (χ0) is 18.0. The second-order valence-electron chi connectivity index (χ2n) is 6.37. The molecule has 1 heterocycles. The van der Waals surface area contributed by atoms with Crippen LogP contribution in [0.3, 0.4) is 0 Å². The second-order valence-corrected chi connectivity index (χ2v) is 8.21. The highest BCUT2D eigenvalue weighted by molar-refractivity contribution is 7.89. The van der Waals surface area contributed by atoms with Crippen LogP contribution < -0.4 is 5.32 Å². The molecule has 0 bridgehead atoms. The number of aryl methyl sites for hydroxylation is 1. The van der Waals surface area contributed by atoms with Gasteiger partial charge >= 0.3 is 0 Å². The van der Waals surface area contributed by atoms with Gasteiger partial charge in [-0.05, 0) is 56.1 Å². The molecular formula is C19H23FN2O2S. The van der Waals surface area contributed by atoms with Gasteiger partial charge in [-0.3, -0.25) is 0 Å². The Labute approximate surface area is 148 Å². The molecule has 1 N–H and O–H groups in total. The molecule has 0 aliphatic carbocycles. The van der Waals surface area contributed by atoms with Crippen molar-refractivity contribution in [2.24, 2.45) is 0 Å². The smallest absolute Gasteiger partial charge is 0.245 e. The molecule has 0 spiro atoms. The van der Waals surface area contributed by atoms with Crippen LogP contribution in [0, 0.1) is 12.7 Å². The summed E-state index contributed by atoms with van der Waals surface area (Å²) in [7, 11) is -3.66. The van der Waals surface area contributed by atoms with Crippen molar-refractivity contribution in [3.8, 4) is 0 Å². The first-order valence-corrected chi connectivity index (χ1v) is 9.96. The lowest BCUT2D eigenvalue weighted by Crippen LogP contribution is -2.45. The van der Waals surface area contributed by atoms with E-state index in [1.807, 2.05) is 13.8 Å². The largest absolute Gasteiger partial charge is 0.301 e. The lowest BCUT2D eigenvalue weighted by Gasteiger charge is -2.30. The van der Waals surface area contributed by atoms with Crippen molar-refractivity contribution in [3.05, 3.63) is 65.5 Å². The van der Waals surface area contributed by atoms with Gasteiger partial charge in [0.25, 0.3) is 0 Å². The van der Waals surface area contributed by atoms with Gasteiger partial charge in [0, 0.05) is 0 Å². The van der Waals surface area contributed by atoms with E-state index in [0.29, 0.717) is 13.0 Å². The molecule has 134 valence electrons. The molecule has 2 aromatic carbocycles. The van der Waals surface area contributed by atoms with Crippen LogP contribution in [0.5, 0.6) is 0 Å². The molecule has 2 atom stereocenters. The van der Waals surface area contributed by atoms with Crippen molar-refractivity contribution in [2.75, 3.05) is 6.54 Å². The third kappa shape index (κ3) is 3.61. The van der Waals surface area contributed by atoms with E-state index >= 15 is 0 Å². The first-order chi connectivity index (χ1) is 11.9. The molecule has 2 aromatic rings. The maximum atomic E-state index is 13.3. The van der Waals surface area contributed by atoms with E-state index in [0.717, 1.165) is 17.5 Å². The SMILES string of the molecule is CCNC1CCC(c2ccc(F)cc2)N1S(=O)(=O)c1ccc(C)cc1. The van der Waals surface area contributed by atoms with Gasteiger partial charge in [0.1, 0.15) is 5.82 Å². The van der Waals surface area contributed by atoms with E-state index in [1.54, 1.807) is 40.7 Å². The minimum atomic E-state index is -3.66. The fourth-order valence-corrected chi connectivity index (χ4v) is 5.18. The van der Waals surface area contributed by atoms with E-state index in [9.17, 15) is 12.8 Å². The van der Waals surface area contributed by atoms with Crippen LogP contribution in [0.4, 0.5) is 4.39 Å². The van der Waals surface area contributed by atoms with Crippen LogP contribution in [0.1, 0.15) is 36.9 Å². The molecule has 1 aliphatic heterocycles. The number of hydrogen-bond acceptors (Lipinski definition) is 3. The van der Waals surface area contributed by atoms with Crippen molar-refractivity contribution in [1.29, 1.82) is 0 Å². The summed E-state index contributed by atoms with van der Waals surface area (Å²) in [5.41, 5.74) is 1.83. The molecule has 6 heteroatoms. The summed E-state index contributed by atoms with van der Waals surface area (Å²) < 4.78 is 41.4. The minimum absolute atomic E-state index is 0.258. The van der Waals surface area contributed by atoms with Crippen LogP contribution >= 0.6 is 0 Å². The number of nitrogens with one attached hydrogen (secondary N) is 1. The van der Waals surface area contributed by atoms with Crippen LogP contribution in [-0.2, 0) is 10.0 Å². The van der Waals surface area contributed by atoms with E-state index in [4.69, 9.17) is 0 Å². The Bertz CT molecular complexity index is 820. The maximum absolute atomic E-state index is 13.3. The molecule has 0 saturated carbocycles. The molecule has 4 nitrogen and oxygen atoms in total. The Morgan fingerprint density at radius 2 is 1.72 bits per heavy atom. The van der Waals surface area contributed by atoms with Crippen molar-refractivity contribution in [3.63, 3.8) is 0 Å². The molecule has 2 unspecified atom stereocenters. The van der Waals surface area contributed by atoms with Crippen LogP contribution in [0.15, 0.2) is 53.4 Å². The predicted octanol–water partition coefficient (Wildman–Crippen LogP) is 3.60. The number of halogens is 1. The molecule has 25 heavy (non-hydrogen) atoms. The topological polar surface area (TPSA) is 49.4 Å². The van der Waals surface area contributed by atoms with Gasteiger partial charge in [-0.15, -0.1) is 0 Å². The van der Waals surface area contributed by atoms with Crippen LogP contribution in [0.2, 0.25) is 0 Å². The van der Waals surface area contributed by atoms with Gasteiger partial charge in [-0.2, -0.15) is 4.31 Å². The van der Waals surface area contributed by atoms with Crippen molar-refractivity contribution in [1.82, 2.24) is 9.62 Å². The molecule has 1 saturated heterocycles. The third-order valence-corrected chi connectivity index (χ3v) is 6.55. The number of hydrogen-bond donors (Lipinski definition) is 1. The average molecular weight is 362 g/mol. The van der Waals surface area contributed by atoms with E-state index in [-0.39, 0.29) is 22.9 Å². The second kappa shape index (κ2) is 7.23. The van der Waals surface area contributed by atoms with Crippen molar-refractivity contribution < 1.29 is 12.8 Å². The van der Waals surface area contributed by atoms with Gasteiger partial charge < -0.3 is 5.32 Å². The predicted molar refractivity (Wildman–Crippen MR) is 96.0 cm³/mol. The first-order valence-electron chi connectivity index (χ1n) is 8.52. The van der Waals surface area contributed by atoms with E-state index in [2.05, 4.69) is 5.32 Å².